The summed E-state index contributed by atoms with van der Waals surface area (Å²) in [7, 11) is 0. The molecule has 0 unspecified atom stereocenters. The van der Waals surface area contributed by atoms with Crippen molar-refractivity contribution < 1.29 is 2.82 Å². The second-order valence-corrected chi connectivity index (χ2v) is 4.40. The SMILES string of the molecule is [2H]Cl.[2H]N([2H])[As](C)C. The molecule has 1 nitrogen and oxygen atoms in total. The second kappa shape index (κ2) is 4.81. The maximum absolute atomic E-state index is 6.60. The molecule has 3 heteroatoms. The summed E-state index contributed by atoms with van der Waals surface area (Å²) in [5.74, 6) is 0. The van der Waals surface area contributed by atoms with E-state index in [2.05, 4.69) is 12.3 Å². The van der Waals surface area contributed by atoms with E-state index in [-0.39, 0.29) is 0 Å². The molecule has 5 heavy (non-hydrogen) atoms. The fourth-order valence-corrected chi connectivity index (χ4v) is 0. The average molecular weight is 160 g/mol. The van der Waals surface area contributed by atoms with E-state index in [0.29, 0.717) is 0 Å². The fourth-order valence-electron chi connectivity index (χ4n) is 0. The molecule has 0 saturated heterocycles. The molecule has 0 aliphatic rings. The minimum atomic E-state index is -1.13. The van der Waals surface area contributed by atoms with Gasteiger partial charge in [-0.25, -0.2) is 0 Å². The zero-order chi connectivity index (χ0) is 7.15. The normalized spacial score (nSPS) is 15.0. The molecule has 0 heterocycles. The van der Waals surface area contributed by atoms with E-state index >= 15 is 0 Å². The summed E-state index contributed by atoms with van der Waals surface area (Å²) in [5, 5.41) is 0. The van der Waals surface area contributed by atoms with Gasteiger partial charge in [0.05, 0.1) is 0 Å². The van der Waals surface area contributed by atoms with Crippen molar-refractivity contribution in [1.82, 2.24) is 0 Å². The molecule has 0 rings (SSSR count). The first-order valence-electron chi connectivity index (χ1n) is 2.37. The quantitative estimate of drug-likeness (QED) is 0.559. The van der Waals surface area contributed by atoms with E-state index < -0.39 is 14.9 Å². The molecule has 0 spiro atoms. The Kier molecular flexibility index (Phi) is 2.79. The third kappa shape index (κ3) is 58.0. The van der Waals surface area contributed by atoms with Crippen molar-refractivity contribution in [2.24, 2.45) is 4.64 Å². The third-order valence-electron chi connectivity index (χ3n) is 0. The van der Waals surface area contributed by atoms with Crippen LogP contribution in [-0.4, -0.2) is 16.0 Å². The van der Waals surface area contributed by atoms with Crippen LogP contribution in [0.25, 0.3) is 0 Å². The molecule has 0 radical (unpaired) electrons. The Labute approximate surface area is 47.9 Å². The van der Waals surface area contributed by atoms with E-state index in [1.807, 2.05) is 11.4 Å². The van der Waals surface area contributed by atoms with Crippen LogP contribution in [0.15, 0.2) is 0 Å². The van der Waals surface area contributed by atoms with Crippen LogP contribution < -0.4 is 4.64 Å². The molecule has 0 aliphatic carbocycles. The molecule has 34 valence electrons. The number of nitrogens with two attached hydrogens (primary N) is 1. The molecular formula is C2H9AsClN. The Morgan fingerprint density at radius 1 is 2.00 bits per heavy atom. The predicted octanol–water partition coefficient (Wildman–Crippen LogP) is 0.618. The Hall–Kier alpha value is 0.808. The number of rotatable bonds is 1. The van der Waals surface area contributed by atoms with Gasteiger partial charge in [0.15, 0.2) is 0 Å². The van der Waals surface area contributed by atoms with Crippen molar-refractivity contribution in [2.45, 2.75) is 11.4 Å². The van der Waals surface area contributed by atoms with E-state index in [1.165, 1.54) is 0 Å². The van der Waals surface area contributed by atoms with E-state index in [4.69, 9.17) is 4.00 Å². The van der Waals surface area contributed by atoms with Crippen LogP contribution >= 0.6 is 12.3 Å². The predicted molar refractivity (Wildman–Crippen MR) is 28.9 cm³/mol. The van der Waals surface area contributed by atoms with Gasteiger partial charge in [-0.3, -0.25) is 0 Å². The summed E-state index contributed by atoms with van der Waals surface area (Å²) in [6.07, 6.45) is 0. The van der Waals surface area contributed by atoms with Crippen LogP contribution in [0.4, 0.5) is 0 Å². The molecular weight excluding hydrogens is 148 g/mol. The van der Waals surface area contributed by atoms with Gasteiger partial charge in [-0.2, -0.15) is 0 Å². The van der Waals surface area contributed by atoms with Gasteiger partial charge in [0.2, 0.25) is 0 Å². The molecule has 0 saturated carbocycles. The summed E-state index contributed by atoms with van der Waals surface area (Å²) in [4.78, 5) is 0. The second-order valence-electron chi connectivity index (χ2n) is 0.847. The Morgan fingerprint density at radius 3 is 2.20 bits per heavy atom. The average Bonchev–Trinajstić information content (AvgIpc) is 1.72. The van der Waals surface area contributed by atoms with Crippen LogP contribution in [0.3, 0.4) is 0 Å². The summed E-state index contributed by atoms with van der Waals surface area (Å²) < 4.78 is 19.2. The standard InChI is InChI=1S/C2H8AsN.ClH/c1-3(2)4;/h4H2,1-2H3;1H/i/hD3. The van der Waals surface area contributed by atoms with Crippen LogP contribution in [0.2, 0.25) is 14.2 Å². The summed E-state index contributed by atoms with van der Waals surface area (Å²) in [5.41, 5.74) is 3.88. The number of halogens is 1. The first-order valence-corrected chi connectivity index (χ1v) is 5.69. The van der Waals surface area contributed by atoms with Crippen LogP contribution in [0, 0.1) is 0 Å². The Balaban J connectivity index is 0. The van der Waals surface area contributed by atoms with Crippen LogP contribution in [0.5, 0.6) is 0 Å². The molecule has 0 bridgehead atoms. The van der Waals surface area contributed by atoms with Crippen molar-refractivity contribution >= 4 is 27.2 Å². The Morgan fingerprint density at radius 2 is 2.20 bits per heavy atom. The zero-order valence-electron chi connectivity index (χ0n) is 6.27. The van der Waals surface area contributed by atoms with Crippen molar-refractivity contribution in [3.63, 3.8) is 0 Å². The molecule has 0 fully saturated rings. The molecule has 0 atom stereocenters. The molecule has 0 aromatic heterocycles. The number of hydrogen-bond donors (Lipinski definition) is 1. The van der Waals surface area contributed by atoms with Gasteiger partial charge in [0.25, 0.3) is 0 Å². The summed E-state index contributed by atoms with van der Waals surface area (Å²) >= 11 is 2.76. The number of hydrogen-bond acceptors (Lipinski definition) is 1. The van der Waals surface area contributed by atoms with Crippen molar-refractivity contribution in [1.29, 1.82) is 1.17 Å². The monoisotopic (exact) mass is 160 g/mol. The maximum atomic E-state index is 6.60. The van der Waals surface area contributed by atoms with E-state index in [0.717, 1.165) is 4.64 Å². The summed E-state index contributed by atoms with van der Waals surface area (Å²) in [6.45, 7) is 0. The molecule has 2 N–H and O–H groups in total. The molecule has 0 aromatic carbocycles. The van der Waals surface area contributed by atoms with Gasteiger partial charge in [-0.15, -0.1) is 12.3 Å². The molecule has 0 aliphatic heterocycles. The van der Waals surface area contributed by atoms with Crippen LogP contribution in [0.1, 0.15) is 0 Å². The molecule has 0 aromatic rings. The van der Waals surface area contributed by atoms with E-state index in [1.54, 1.807) is 0 Å². The van der Waals surface area contributed by atoms with Gasteiger partial charge in [0, 0.05) is 0 Å². The minimum absolute atomic E-state index is 0.812. The van der Waals surface area contributed by atoms with Gasteiger partial charge >= 0.3 is 33.8 Å². The van der Waals surface area contributed by atoms with Gasteiger partial charge < -0.3 is 0 Å². The van der Waals surface area contributed by atoms with Gasteiger partial charge in [-0.05, 0) is 0 Å². The topological polar surface area (TPSA) is 26.0 Å². The summed E-state index contributed by atoms with van der Waals surface area (Å²) in [6, 6.07) is 0. The third-order valence-corrected chi connectivity index (χ3v) is 0. The van der Waals surface area contributed by atoms with E-state index in [9.17, 15) is 0 Å². The first kappa shape index (κ1) is 2.90. The van der Waals surface area contributed by atoms with Crippen molar-refractivity contribution in [2.75, 3.05) is 0 Å². The first-order chi connectivity index (χ1) is 3.64. The van der Waals surface area contributed by atoms with Crippen molar-refractivity contribution in [3.8, 4) is 0 Å². The van der Waals surface area contributed by atoms with Gasteiger partial charge in [-0.1, -0.05) is 0 Å². The Bertz CT molecular complexity index is 38.3. The van der Waals surface area contributed by atoms with Crippen molar-refractivity contribution in [3.05, 3.63) is 0 Å². The fraction of sp³-hybridized carbons (Fsp3) is 1.00. The zero-order valence-corrected chi connectivity index (χ0v) is 5.90. The van der Waals surface area contributed by atoms with Gasteiger partial charge in [0.1, 0.15) is 1.17 Å². The van der Waals surface area contributed by atoms with Crippen LogP contribution in [-0.2, 0) is 0 Å². The molecule has 0 amide bonds.